The highest BCUT2D eigenvalue weighted by Gasteiger charge is 2.24. The number of methoxy groups -OCH3 is 1. The topological polar surface area (TPSA) is 58.6 Å². The maximum atomic E-state index is 11.5. The fourth-order valence-corrected chi connectivity index (χ4v) is 1.63. The Hall–Kier alpha value is -1.26. The molecular weight excluding hydrogens is 184 g/mol. The molecule has 0 saturated carbocycles. The third-order valence-electron chi connectivity index (χ3n) is 2.44. The van der Waals surface area contributed by atoms with Gasteiger partial charge < -0.3 is 15.0 Å². The maximum Gasteiger partial charge on any atom is 0.407 e. The highest BCUT2D eigenvalue weighted by atomic mass is 16.5. The second-order valence-electron chi connectivity index (χ2n) is 3.42. The second kappa shape index (κ2) is 4.83. The van der Waals surface area contributed by atoms with Crippen LogP contribution in [0.25, 0.3) is 0 Å². The Morgan fingerprint density at radius 3 is 2.79 bits per heavy atom. The third kappa shape index (κ3) is 2.61. The number of amides is 2. The zero-order valence-corrected chi connectivity index (χ0v) is 8.58. The number of hydrogen-bond donors (Lipinski definition) is 1. The molecule has 5 heteroatoms. The molecule has 1 rings (SSSR count). The first-order valence-electron chi connectivity index (χ1n) is 4.76. The normalized spacial score (nSPS) is 20.7. The van der Waals surface area contributed by atoms with Crippen LogP contribution in [0.15, 0.2) is 0 Å². The van der Waals surface area contributed by atoms with E-state index in [9.17, 15) is 9.59 Å². The first kappa shape index (κ1) is 10.8. The Bertz CT molecular complexity index is 230. The van der Waals surface area contributed by atoms with E-state index in [0.717, 1.165) is 19.4 Å². The Morgan fingerprint density at radius 1 is 1.57 bits per heavy atom. The van der Waals surface area contributed by atoms with Crippen LogP contribution in [-0.2, 0) is 9.53 Å². The van der Waals surface area contributed by atoms with Crippen LogP contribution in [0, 0.1) is 0 Å². The van der Waals surface area contributed by atoms with Gasteiger partial charge in [-0.2, -0.15) is 0 Å². The molecule has 0 radical (unpaired) electrons. The van der Waals surface area contributed by atoms with Crippen LogP contribution in [0.2, 0.25) is 0 Å². The number of hydrogen-bond acceptors (Lipinski definition) is 3. The summed E-state index contributed by atoms with van der Waals surface area (Å²) < 4.78 is 4.37. The van der Waals surface area contributed by atoms with Gasteiger partial charge in [0.1, 0.15) is 6.54 Å². The number of rotatable bonds is 2. The van der Waals surface area contributed by atoms with Gasteiger partial charge in [0.2, 0.25) is 5.91 Å². The van der Waals surface area contributed by atoms with E-state index in [0.29, 0.717) is 6.04 Å². The van der Waals surface area contributed by atoms with Crippen molar-refractivity contribution in [1.29, 1.82) is 0 Å². The number of nitrogens with zero attached hydrogens (tertiary/aromatic N) is 1. The molecule has 5 nitrogen and oxygen atoms in total. The average Bonchev–Trinajstić information content (AvgIpc) is 2.60. The van der Waals surface area contributed by atoms with Gasteiger partial charge in [0.15, 0.2) is 0 Å². The smallest absolute Gasteiger partial charge is 0.407 e. The van der Waals surface area contributed by atoms with Crippen molar-refractivity contribution >= 4 is 12.0 Å². The molecule has 2 amide bonds. The highest BCUT2D eigenvalue weighted by molar-refractivity contribution is 5.82. The Balaban J connectivity index is 2.31. The van der Waals surface area contributed by atoms with Crippen molar-refractivity contribution in [1.82, 2.24) is 10.2 Å². The van der Waals surface area contributed by atoms with Crippen molar-refractivity contribution in [2.75, 3.05) is 20.2 Å². The molecular formula is C9H16N2O3. The summed E-state index contributed by atoms with van der Waals surface area (Å²) in [6, 6.07) is 0.293. The zero-order valence-electron chi connectivity index (χ0n) is 8.58. The standard InChI is InChI=1S/C9H16N2O3/c1-7-4-3-5-11(7)8(12)6-10-9(13)14-2/h7H,3-6H2,1-2H3,(H,10,13)/t7-/m1/s1. The number of likely N-dealkylation sites (tertiary alicyclic amines) is 1. The van der Waals surface area contributed by atoms with Crippen molar-refractivity contribution in [2.45, 2.75) is 25.8 Å². The molecule has 1 N–H and O–H groups in total. The molecule has 1 fully saturated rings. The Labute approximate surface area is 83.4 Å². The first-order valence-corrected chi connectivity index (χ1v) is 4.76. The highest BCUT2D eigenvalue weighted by Crippen LogP contribution is 2.15. The van der Waals surface area contributed by atoms with E-state index >= 15 is 0 Å². The van der Waals surface area contributed by atoms with E-state index in [1.54, 1.807) is 4.90 Å². The summed E-state index contributed by atoms with van der Waals surface area (Å²) in [5.74, 6) is -0.0413. The zero-order chi connectivity index (χ0) is 10.6. The molecule has 1 aliphatic heterocycles. The number of carbonyl (C=O) groups is 2. The summed E-state index contributed by atoms with van der Waals surface area (Å²) >= 11 is 0. The van der Waals surface area contributed by atoms with Gasteiger partial charge in [-0.25, -0.2) is 4.79 Å². The first-order chi connectivity index (χ1) is 6.65. The van der Waals surface area contributed by atoms with Crippen LogP contribution >= 0.6 is 0 Å². The molecule has 1 aliphatic rings. The van der Waals surface area contributed by atoms with Crippen LogP contribution in [0.3, 0.4) is 0 Å². The molecule has 1 heterocycles. The van der Waals surface area contributed by atoms with Crippen LogP contribution in [-0.4, -0.2) is 43.1 Å². The molecule has 0 aliphatic carbocycles. The SMILES string of the molecule is COC(=O)NCC(=O)N1CCC[C@H]1C. The maximum absolute atomic E-state index is 11.5. The largest absolute Gasteiger partial charge is 0.453 e. The minimum atomic E-state index is -0.565. The third-order valence-corrected chi connectivity index (χ3v) is 2.44. The van der Waals surface area contributed by atoms with Crippen molar-refractivity contribution in [2.24, 2.45) is 0 Å². The molecule has 14 heavy (non-hydrogen) atoms. The predicted octanol–water partition coefficient (Wildman–Crippen LogP) is 0.353. The number of nitrogens with one attached hydrogen (secondary N) is 1. The molecule has 0 aromatic rings. The average molecular weight is 200 g/mol. The monoisotopic (exact) mass is 200 g/mol. The van der Waals surface area contributed by atoms with Crippen LogP contribution in [0.1, 0.15) is 19.8 Å². The summed E-state index contributed by atoms with van der Waals surface area (Å²) in [5, 5.41) is 2.38. The Morgan fingerprint density at radius 2 is 2.29 bits per heavy atom. The lowest BCUT2D eigenvalue weighted by Crippen LogP contribution is -2.41. The molecule has 0 aromatic heterocycles. The van der Waals surface area contributed by atoms with E-state index in [1.807, 2.05) is 6.92 Å². The minimum Gasteiger partial charge on any atom is -0.453 e. The van der Waals surface area contributed by atoms with Gasteiger partial charge in [0.05, 0.1) is 7.11 Å². The lowest BCUT2D eigenvalue weighted by atomic mass is 10.2. The molecule has 0 aromatic carbocycles. The van der Waals surface area contributed by atoms with Crippen LogP contribution in [0.4, 0.5) is 4.79 Å². The van der Waals surface area contributed by atoms with Crippen molar-refractivity contribution in [3.63, 3.8) is 0 Å². The van der Waals surface area contributed by atoms with Gasteiger partial charge >= 0.3 is 6.09 Å². The van der Waals surface area contributed by atoms with Gasteiger partial charge in [0, 0.05) is 12.6 Å². The van der Waals surface area contributed by atoms with Crippen molar-refractivity contribution < 1.29 is 14.3 Å². The van der Waals surface area contributed by atoms with E-state index in [4.69, 9.17) is 0 Å². The van der Waals surface area contributed by atoms with Crippen LogP contribution in [0.5, 0.6) is 0 Å². The summed E-state index contributed by atoms with van der Waals surface area (Å²) in [6.07, 6.45) is 1.53. The molecule has 0 unspecified atom stereocenters. The summed E-state index contributed by atoms with van der Waals surface area (Å²) in [7, 11) is 1.28. The molecule has 0 spiro atoms. The Kier molecular flexibility index (Phi) is 3.73. The van der Waals surface area contributed by atoms with Gasteiger partial charge in [-0.15, -0.1) is 0 Å². The minimum absolute atomic E-state index is 0.0248. The molecule has 1 saturated heterocycles. The fraction of sp³-hybridized carbons (Fsp3) is 0.778. The quantitative estimate of drug-likeness (QED) is 0.700. The molecule has 80 valence electrons. The summed E-state index contributed by atoms with van der Waals surface area (Å²) in [4.78, 5) is 24.0. The molecule has 0 bridgehead atoms. The lowest BCUT2D eigenvalue weighted by Gasteiger charge is -2.21. The van der Waals surface area contributed by atoms with E-state index in [2.05, 4.69) is 10.1 Å². The van der Waals surface area contributed by atoms with E-state index in [1.165, 1.54) is 7.11 Å². The number of carbonyl (C=O) groups excluding carboxylic acids is 2. The van der Waals surface area contributed by atoms with Gasteiger partial charge in [-0.3, -0.25) is 4.79 Å². The van der Waals surface area contributed by atoms with Gasteiger partial charge in [-0.1, -0.05) is 0 Å². The lowest BCUT2D eigenvalue weighted by molar-refractivity contribution is -0.130. The predicted molar refractivity (Wildman–Crippen MR) is 50.8 cm³/mol. The van der Waals surface area contributed by atoms with E-state index < -0.39 is 6.09 Å². The van der Waals surface area contributed by atoms with Gasteiger partial charge in [0.25, 0.3) is 0 Å². The second-order valence-corrected chi connectivity index (χ2v) is 3.42. The summed E-state index contributed by atoms with van der Waals surface area (Å²) in [5.41, 5.74) is 0. The van der Waals surface area contributed by atoms with E-state index in [-0.39, 0.29) is 12.5 Å². The fourth-order valence-electron chi connectivity index (χ4n) is 1.63. The number of alkyl carbamates (subject to hydrolysis) is 1. The van der Waals surface area contributed by atoms with Crippen molar-refractivity contribution in [3.8, 4) is 0 Å². The van der Waals surface area contributed by atoms with Crippen molar-refractivity contribution in [3.05, 3.63) is 0 Å². The van der Waals surface area contributed by atoms with Crippen LogP contribution < -0.4 is 5.32 Å². The van der Waals surface area contributed by atoms with Gasteiger partial charge in [-0.05, 0) is 19.8 Å². The number of ether oxygens (including phenoxy) is 1. The summed E-state index contributed by atoms with van der Waals surface area (Å²) in [6.45, 7) is 2.84. The molecule has 1 atom stereocenters.